The molecule has 4 saturated carbocycles. The van der Waals surface area contributed by atoms with E-state index < -0.39 is 17.9 Å². The summed E-state index contributed by atoms with van der Waals surface area (Å²) in [7, 11) is 0. The Labute approximate surface area is 299 Å². The van der Waals surface area contributed by atoms with Crippen molar-refractivity contribution in [2.75, 3.05) is 6.61 Å². The number of carbonyl (C=O) groups is 3. The molecule has 0 saturated heterocycles. The Bertz CT molecular complexity index is 1590. The van der Waals surface area contributed by atoms with E-state index in [-0.39, 0.29) is 44.7 Å². The monoisotopic (exact) mass is 688 g/mol. The Morgan fingerprint density at radius 3 is 2.26 bits per heavy atom. The van der Waals surface area contributed by atoms with Gasteiger partial charge in [0.1, 0.15) is 0 Å². The standard InChI is InChI=1S/C43H60O7/c1-26-16-21-43(25-48-37(47)15-11-30-10-13-32(49-28(3)44)33(24-30)50-29(4)45)23-22-41(8)31(38(43)27(26)2)12-14-35-40(7)19-18-36(46)39(5,6)34(40)17-20-42(35,41)9/h10-13,15,24,26-27,34-36,38,46H,14,16-23,25H2,1-9H3. The first-order valence-corrected chi connectivity index (χ1v) is 19.1. The summed E-state index contributed by atoms with van der Waals surface area (Å²) < 4.78 is 16.6. The molecule has 0 aliphatic heterocycles. The van der Waals surface area contributed by atoms with Gasteiger partial charge in [0.25, 0.3) is 0 Å². The lowest BCUT2D eigenvalue weighted by Crippen LogP contribution is -2.65. The van der Waals surface area contributed by atoms with Crippen LogP contribution in [0.15, 0.2) is 35.9 Å². The van der Waals surface area contributed by atoms with Gasteiger partial charge in [-0.2, -0.15) is 0 Å². The van der Waals surface area contributed by atoms with Crippen molar-refractivity contribution in [1.82, 2.24) is 0 Å². The zero-order chi connectivity index (χ0) is 36.4. The summed E-state index contributed by atoms with van der Waals surface area (Å²) in [5, 5.41) is 11.1. The van der Waals surface area contributed by atoms with E-state index in [9.17, 15) is 19.5 Å². The lowest BCUT2D eigenvalue weighted by Gasteiger charge is -2.71. The highest BCUT2D eigenvalue weighted by Gasteiger charge is 2.68. The number of carbonyl (C=O) groups excluding carboxylic acids is 3. The van der Waals surface area contributed by atoms with Gasteiger partial charge in [-0.3, -0.25) is 9.59 Å². The Morgan fingerprint density at radius 2 is 1.56 bits per heavy atom. The number of esters is 3. The van der Waals surface area contributed by atoms with Crippen LogP contribution in [0.4, 0.5) is 0 Å². The third-order valence-electron chi connectivity index (χ3n) is 15.5. The van der Waals surface area contributed by atoms with E-state index in [0.29, 0.717) is 41.8 Å². The van der Waals surface area contributed by atoms with Crippen LogP contribution in [0.2, 0.25) is 0 Å². The molecular weight excluding hydrogens is 628 g/mol. The number of fused-ring (bicyclic) bond motifs is 7. The average molecular weight is 689 g/mol. The molecule has 0 spiro atoms. The normalized spacial score (nSPS) is 40.3. The zero-order valence-electron chi connectivity index (χ0n) is 31.9. The summed E-state index contributed by atoms with van der Waals surface area (Å²) in [6, 6.07) is 4.81. The number of benzene rings is 1. The van der Waals surface area contributed by atoms with Crippen molar-refractivity contribution in [2.24, 2.45) is 56.7 Å². The van der Waals surface area contributed by atoms with Crippen LogP contribution < -0.4 is 9.47 Å². The number of hydrogen-bond donors (Lipinski definition) is 1. The molecule has 0 aromatic heterocycles. The maximum atomic E-state index is 13.3. The van der Waals surface area contributed by atoms with Crippen molar-refractivity contribution < 1.29 is 33.7 Å². The minimum atomic E-state index is -0.537. The molecular formula is C43H60O7. The third kappa shape index (κ3) is 5.87. The number of aliphatic hydroxyl groups is 1. The number of rotatable bonds is 6. The van der Waals surface area contributed by atoms with Gasteiger partial charge in [-0.05, 0) is 133 Å². The molecule has 5 aliphatic carbocycles. The Morgan fingerprint density at radius 1 is 0.860 bits per heavy atom. The molecule has 0 radical (unpaired) electrons. The van der Waals surface area contributed by atoms with E-state index in [1.54, 1.807) is 29.8 Å². The van der Waals surface area contributed by atoms with Crippen LogP contribution in [0, 0.1) is 56.7 Å². The molecule has 1 aromatic rings. The Hall–Kier alpha value is -2.93. The van der Waals surface area contributed by atoms with E-state index in [0.717, 1.165) is 44.9 Å². The molecule has 6 rings (SSSR count). The summed E-state index contributed by atoms with van der Waals surface area (Å²) in [6.07, 6.45) is 15.3. The van der Waals surface area contributed by atoms with Crippen LogP contribution in [0.5, 0.6) is 11.5 Å². The third-order valence-corrected chi connectivity index (χ3v) is 15.5. The van der Waals surface area contributed by atoms with Crippen LogP contribution in [0.1, 0.15) is 126 Å². The summed E-state index contributed by atoms with van der Waals surface area (Å²) >= 11 is 0. The Balaban J connectivity index is 1.24. The number of aliphatic hydroxyl groups excluding tert-OH is 1. The predicted molar refractivity (Wildman–Crippen MR) is 194 cm³/mol. The smallest absolute Gasteiger partial charge is 0.330 e. The van der Waals surface area contributed by atoms with Gasteiger partial charge in [-0.25, -0.2) is 4.79 Å². The SMILES string of the molecule is CC(=O)Oc1ccc(C=CC(=O)OCC23CCC(C)C(C)C2C2=CCC4C5(C)CCC(O)C(C)(C)C5CCC4(C)C2(C)CC3)cc1OC(C)=O. The maximum absolute atomic E-state index is 13.3. The van der Waals surface area contributed by atoms with E-state index in [4.69, 9.17) is 14.2 Å². The zero-order valence-corrected chi connectivity index (χ0v) is 31.9. The topological polar surface area (TPSA) is 99.1 Å². The highest BCUT2D eigenvalue weighted by Crippen LogP contribution is 2.75. The summed E-state index contributed by atoms with van der Waals surface area (Å²) in [6.45, 7) is 20.2. The van der Waals surface area contributed by atoms with Gasteiger partial charge >= 0.3 is 17.9 Å². The maximum Gasteiger partial charge on any atom is 0.330 e. The number of allylic oxidation sites excluding steroid dienone is 2. The van der Waals surface area contributed by atoms with Gasteiger partial charge in [0.05, 0.1) is 12.7 Å². The first kappa shape index (κ1) is 36.8. The van der Waals surface area contributed by atoms with E-state index in [2.05, 4.69) is 54.5 Å². The highest BCUT2D eigenvalue weighted by molar-refractivity contribution is 5.87. The first-order valence-electron chi connectivity index (χ1n) is 19.1. The summed E-state index contributed by atoms with van der Waals surface area (Å²) in [4.78, 5) is 36.4. The van der Waals surface area contributed by atoms with Crippen molar-refractivity contribution in [3.8, 4) is 11.5 Å². The molecule has 4 fully saturated rings. The number of ether oxygens (including phenoxy) is 3. The fourth-order valence-electron chi connectivity index (χ4n) is 12.4. The van der Waals surface area contributed by atoms with Crippen LogP contribution >= 0.6 is 0 Å². The van der Waals surface area contributed by atoms with Gasteiger partial charge in [-0.1, -0.05) is 66.2 Å². The second kappa shape index (κ2) is 12.9. The van der Waals surface area contributed by atoms with Crippen molar-refractivity contribution in [3.05, 3.63) is 41.5 Å². The van der Waals surface area contributed by atoms with E-state index >= 15 is 0 Å². The van der Waals surface area contributed by atoms with Crippen LogP contribution in [-0.4, -0.2) is 35.7 Å². The molecule has 0 heterocycles. The van der Waals surface area contributed by atoms with Crippen molar-refractivity contribution >= 4 is 24.0 Å². The fraction of sp³-hybridized carbons (Fsp3) is 0.698. The predicted octanol–water partition coefficient (Wildman–Crippen LogP) is 9.11. The lowest BCUT2D eigenvalue weighted by atomic mass is 9.33. The first-order chi connectivity index (χ1) is 23.4. The van der Waals surface area contributed by atoms with Crippen LogP contribution in [0.25, 0.3) is 6.08 Å². The molecule has 0 bridgehead atoms. The lowest BCUT2D eigenvalue weighted by molar-refractivity contribution is -0.206. The molecule has 50 heavy (non-hydrogen) atoms. The van der Waals surface area contributed by atoms with Gasteiger partial charge in [0.2, 0.25) is 0 Å². The van der Waals surface area contributed by atoms with Crippen molar-refractivity contribution in [1.29, 1.82) is 0 Å². The van der Waals surface area contributed by atoms with Gasteiger partial charge in [-0.15, -0.1) is 0 Å². The number of hydrogen-bond acceptors (Lipinski definition) is 7. The molecule has 1 aromatic carbocycles. The van der Waals surface area contributed by atoms with Gasteiger partial charge < -0.3 is 19.3 Å². The minimum absolute atomic E-state index is 0.0649. The highest BCUT2D eigenvalue weighted by atomic mass is 16.6. The molecule has 7 nitrogen and oxygen atoms in total. The van der Waals surface area contributed by atoms with Crippen molar-refractivity contribution in [3.63, 3.8) is 0 Å². The molecule has 10 unspecified atom stereocenters. The molecule has 5 aliphatic rings. The molecule has 1 N–H and O–H groups in total. The largest absolute Gasteiger partial charge is 0.462 e. The fourth-order valence-corrected chi connectivity index (χ4v) is 12.4. The minimum Gasteiger partial charge on any atom is -0.462 e. The van der Waals surface area contributed by atoms with Gasteiger partial charge in [0, 0.05) is 25.3 Å². The Kier molecular flexibility index (Phi) is 9.53. The van der Waals surface area contributed by atoms with Gasteiger partial charge in [0.15, 0.2) is 11.5 Å². The van der Waals surface area contributed by atoms with Crippen LogP contribution in [0.3, 0.4) is 0 Å². The quantitative estimate of drug-likeness (QED) is 0.138. The second-order valence-corrected chi connectivity index (χ2v) is 18.2. The van der Waals surface area contributed by atoms with Crippen molar-refractivity contribution in [2.45, 2.75) is 126 Å². The molecule has 0 amide bonds. The second-order valence-electron chi connectivity index (χ2n) is 18.2. The summed E-state index contributed by atoms with van der Waals surface area (Å²) in [5.74, 6) is 1.39. The molecule has 274 valence electrons. The average Bonchev–Trinajstić information content (AvgIpc) is 3.04. The van der Waals surface area contributed by atoms with Crippen LogP contribution in [-0.2, 0) is 19.1 Å². The summed E-state index contributed by atoms with van der Waals surface area (Å²) in [5.41, 5.74) is 2.58. The molecule has 10 atom stereocenters. The van der Waals surface area contributed by atoms with E-state index in [1.807, 2.05) is 0 Å². The molecule has 7 heteroatoms. The van der Waals surface area contributed by atoms with E-state index in [1.165, 1.54) is 32.8 Å².